The van der Waals surface area contributed by atoms with Crippen LogP contribution >= 0.6 is 11.8 Å². The molecule has 0 bridgehead atoms. The molecule has 1 heterocycles. The van der Waals surface area contributed by atoms with E-state index in [1.165, 1.54) is 6.07 Å². The minimum Gasteiger partial charge on any atom is -0.326 e. The Morgan fingerprint density at radius 2 is 2.29 bits per heavy atom. The Kier molecular flexibility index (Phi) is 3.81. The van der Waals surface area contributed by atoms with Gasteiger partial charge in [0.2, 0.25) is 0 Å². The van der Waals surface area contributed by atoms with Gasteiger partial charge in [0, 0.05) is 30.4 Å². The molecule has 0 aliphatic heterocycles. The number of aryl methyl sites for hydroxylation is 1. The van der Waals surface area contributed by atoms with Gasteiger partial charge in [-0.05, 0) is 17.2 Å². The van der Waals surface area contributed by atoms with Gasteiger partial charge in [0.1, 0.15) is 5.82 Å². The lowest BCUT2D eigenvalue weighted by Gasteiger charge is -2.04. The lowest BCUT2D eigenvalue weighted by Crippen LogP contribution is -1.98. The van der Waals surface area contributed by atoms with Crippen LogP contribution in [-0.4, -0.2) is 9.78 Å². The fourth-order valence-electron chi connectivity index (χ4n) is 1.47. The summed E-state index contributed by atoms with van der Waals surface area (Å²) in [6.07, 6.45) is 3.69. The molecule has 90 valence electrons. The third-order valence-corrected chi connectivity index (χ3v) is 3.43. The average molecular weight is 251 g/mol. The molecule has 2 rings (SSSR count). The number of hydrogen-bond donors (Lipinski definition) is 1. The van der Waals surface area contributed by atoms with E-state index in [0.717, 1.165) is 10.5 Å². The zero-order valence-corrected chi connectivity index (χ0v) is 10.4. The van der Waals surface area contributed by atoms with Crippen LogP contribution in [0.4, 0.5) is 4.39 Å². The highest BCUT2D eigenvalue weighted by atomic mass is 32.2. The first-order chi connectivity index (χ1) is 8.19. The van der Waals surface area contributed by atoms with Crippen LogP contribution in [-0.2, 0) is 19.3 Å². The summed E-state index contributed by atoms with van der Waals surface area (Å²) in [5.41, 5.74) is 6.96. The Balaban J connectivity index is 2.04. The molecule has 3 nitrogen and oxygen atoms in total. The first-order valence-electron chi connectivity index (χ1n) is 5.28. The Morgan fingerprint density at radius 1 is 1.47 bits per heavy atom. The Bertz CT molecular complexity index is 510. The topological polar surface area (TPSA) is 43.8 Å². The van der Waals surface area contributed by atoms with E-state index >= 15 is 0 Å². The number of nitrogens with zero attached hydrogens (tertiary/aromatic N) is 2. The summed E-state index contributed by atoms with van der Waals surface area (Å²) in [5, 5.41) is 4.06. The summed E-state index contributed by atoms with van der Waals surface area (Å²) in [5.74, 6) is 0.409. The number of halogens is 1. The highest BCUT2D eigenvalue weighted by Gasteiger charge is 2.05. The number of thioether (sulfide) groups is 1. The van der Waals surface area contributed by atoms with Gasteiger partial charge < -0.3 is 5.73 Å². The minimum absolute atomic E-state index is 0.190. The van der Waals surface area contributed by atoms with Gasteiger partial charge >= 0.3 is 0 Å². The molecule has 2 N–H and O–H groups in total. The van der Waals surface area contributed by atoms with Gasteiger partial charge in [-0.2, -0.15) is 5.10 Å². The molecule has 1 aromatic heterocycles. The monoisotopic (exact) mass is 251 g/mol. The number of nitrogens with two attached hydrogens (primary N) is 1. The summed E-state index contributed by atoms with van der Waals surface area (Å²) < 4.78 is 15.4. The van der Waals surface area contributed by atoms with Crippen LogP contribution in [0.2, 0.25) is 0 Å². The largest absolute Gasteiger partial charge is 0.326 e. The standard InChI is InChI=1S/C12H14FN3S/c1-16-7-11(6-15-16)17-8-10-3-2-9(5-14)4-12(10)13/h2-4,6-7H,5,8,14H2,1H3. The predicted octanol–water partition coefficient (Wildman–Crippen LogP) is 2.31. The lowest BCUT2D eigenvalue weighted by atomic mass is 10.1. The predicted molar refractivity (Wildman–Crippen MR) is 67.1 cm³/mol. The van der Waals surface area contributed by atoms with E-state index in [0.29, 0.717) is 17.9 Å². The first kappa shape index (κ1) is 12.1. The third kappa shape index (κ3) is 3.08. The SMILES string of the molecule is Cn1cc(SCc2ccc(CN)cc2F)cn1. The summed E-state index contributed by atoms with van der Waals surface area (Å²) in [6, 6.07) is 5.16. The minimum atomic E-state index is -0.190. The van der Waals surface area contributed by atoms with Crippen LogP contribution in [0.1, 0.15) is 11.1 Å². The van der Waals surface area contributed by atoms with Gasteiger partial charge in [0.15, 0.2) is 0 Å². The maximum Gasteiger partial charge on any atom is 0.127 e. The van der Waals surface area contributed by atoms with Crippen LogP contribution in [0.5, 0.6) is 0 Å². The molecule has 0 aliphatic rings. The molecule has 0 aliphatic carbocycles. The lowest BCUT2D eigenvalue weighted by molar-refractivity contribution is 0.615. The van der Waals surface area contributed by atoms with E-state index in [-0.39, 0.29) is 5.82 Å². The summed E-state index contributed by atoms with van der Waals surface area (Å²) >= 11 is 1.57. The van der Waals surface area contributed by atoms with Crippen molar-refractivity contribution in [3.05, 3.63) is 47.5 Å². The third-order valence-electron chi connectivity index (χ3n) is 2.43. The van der Waals surface area contributed by atoms with E-state index < -0.39 is 0 Å². The molecule has 0 atom stereocenters. The van der Waals surface area contributed by atoms with Gasteiger partial charge in [-0.25, -0.2) is 4.39 Å². The molecule has 1 aromatic carbocycles. The van der Waals surface area contributed by atoms with Crippen molar-refractivity contribution in [1.82, 2.24) is 9.78 Å². The van der Waals surface area contributed by atoms with Gasteiger partial charge in [-0.1, -0.05) is 12.1 Å². The normalized spacial score (nSPS) is 10.8. The first-order valence-corrected chi connectivity index (χ1v) is 6.26. The molecule has 2 aromatic rings. The highest BCUT2D eigenvalue weighted by molar-refractivity contribution is 7.98. The van der Waals surface area contributed by atoms with Crippen molar-refractivity contribution in [3.8, 4) is 0 Å². The second kappa shape index (κ2) is 5.33. The van der Waals surface area contributed by atoms with Crippen molar-refractivity contribution < 1.29 is 4.39 Å². The average Bonchev–Trinajstić information content (AvgIpc) is 2.73. The van der Waals surface area contributed by atoms with Crippen LogP contribution in [0.25, 0.3) is 0 Å². The van der Waals surface area contributed by atoms with Gasteiger partial charge in [0.05, 0.1) is 6.20 Å². The van der Waals surface area contributed by atoms with Crippen molar-refractivity contribution >= 4 is 11.8 Å². The van der Waals surface area contributed by atoms with Gasteiger partial charge in [-0.15, -0.1) is 11.8 Å². The molecule has 0 spiro atoms. The Morgan fingerprint density at radius 3 is 2.88 bits per heavy atom. The van der Waals surface area contributed by atoms with Crippen LogP contribution in [0.3, 0.4) is 0 Å². The zero-order chi connectivity index (χ0) is 12.3. The number of rotatable bonds is 4. The number of aromatic nitrogens is 2. The van der Waals surface area contributed by atoms with Crippen LogP contribution in [0.15, 0.2) is 35.5 Å². The number of benzene rings is 1. The molecule has 0 fully saturated rings. The fraction of sp³-hybridized carbons (Fsp3) is 0.250. The quantitative estimate of drug-likeness (QED) is 0.848. The second-order valence-corrected chi connectivity index (χ2v) is 4.82. The Hall–Kier alpha value is -1.33. The van der Waals surface area contributed by atoms with Crippen molar-refractivity contribution in [1.29, 1.82) is 0 Å². The summed E-state index contributed by atoms with van der Waals surface area (Å²) in [7, 11) is 1.86. The molecule has 0 radical (unpaired) electrons. The van der Waals surface area contributed by atoms with Crippen molar-refractivity contribution in [2.75, 3.05) is 0 Å². The molecule has 0 saturated carbocycles. The molecule has 0 amide bonds. The Labute approximate surface area is 104 Å². The second-order valence-electron chi connectivity index (χ2n) is 3.77. The van der Waals surface area contributed by atoms with Crippen LogP contribution < -0.4 is 5.73 Å². The molecular weight excluding hydrogens is 237 g/mol. The van der Waals surface area contributed by atoms with Crippen molar-refractivity contribution in [2.45, 2.75) is 17.2 Å². The number of hydrogen-bond acceptors (Lipinski definition) is 3. The highest BCUT2D eigenvalue weighted by Crippen LogP contribution is 2.23. The fourth-order valence-corrected chi connectivity index (χ4v) is 2.37. The summed E-state index contributed by atoms with van der Waals surface area (Å²) in [4.78, 5) is 1.04. The van der Waals surface area contributed by atoms with Crippen LogP contribution in [0, 0.1) is 5.82 Å². The van der Waals surface area contributed by atoms with E-state index in [1.807, 2.05) is 19.3 Å². The van der Waals surface area contributed by atoms with Crippen molar-refractivity contribution in [2.24, 2.45) is 12.8 Å². The maximum absolute atomic E-state index is 13.7. The summed E-state index contributed by atoms with van der Waals surface area (Å²) in [6.45, 7) is 0.368. The molecular formula is C12H14FN3S. The van der Waals surface area contributed by atoms with E-state index in [4.69, 9.17) is 5.73 Å². The molecule has 17 heavy (non-hydrogen) atoms. The van der Waals surface area contributed by atoms with E-state index in [9.17, 15) is 4.39 Å². The molecule has 0 unspecified atom stereocenters. The maximum atomic E-state index is 13.7. The van der Waals surface area contributed by atoms with Gasteiger partial charge in [0.25, 0.3) is 0 Å². The molecule has 5 heteroatoms. The van der Waals surface area contributed by atoms with Crippen molar-refractivity contribution in [3.63, 3.8) is 0 Å². The van der Waals surface area contributed by atoms with E-state index in [2.05, 4.69) is 5.10 Å². The zero-order valence-electron chi connectivity index (χ0n) is 9.56. The van der Waals surface area contributed by atoms with E-state index in [1.54, 1.807) is 28.7 Å². The molecule has 0 saturated heterocycles. The smallest absolute Gasteiger partial charge is 0.127 e. The van der Waals surface area contributed by atoms with Gasteiger partial charge in [-0.3, -0.25) is 4.68 Å².